The number of likely N-dealkylation sites (tertiary alicyclic amines) is 1. The lowest BCUT2D eigenvalue weighted by atomic mass is 9.99. The van der Waals surface area contributed by atoms with Crippen LogP contribution in [0.5, 0.6) is 0 Å². The Morgan fingerprint density at radius 1 is 1.44 bits per heavy atom. The van der Waals surface area contributed by atoms with Gasteiger partial charge >= 0.3 is 0 Å². The summed E-state index contributed by atoms with van der Waals surface area (Å²) >= 11 is 1.55. The highest BCUT2D eigenvalue weighted by atomic mass is 32.2. The summed E-state index contributed by atoms with van der Waals surface area (Å²) in [7, 11) is 0. The number of nitrogens with zero attached hydrogens (tertiary/aromatic N) is 1. The molecule has 1 N–H and O–H groups in total. The predicted molar refractivity (Wildman–Crippen MR) is 68.6 cm³/mol. The zero-order valence-electron chi connectivity index (χ0n) is 10.5. The van der Waals surface area contributed by atoms with Crippen LogP contribution in [-0.2, 0) is 4.79 Å². The minimum Gasteiger partial charge on any atom is -0.392 e. The van der Waals surface area contributed by atoms with Crippen molar-refractivity contribution in [1.29, 1.82) is 0 Å². The fourth-order valence-electron chi connectivity index (χ4n) is 1.69. The monoisotopic (exact) mass is 245 g/mol. The second-order valence-electron chi connectivity index (χ2n) is 4.82. The van der Waals surface area contributed by atoms with Crippen molar-refractivity contribution in [2.75, 3.05) is 18.8 Å². The van der Waals surface area contributed by atoms with Gasteiger partial charge in [0.2, 0.25) is 5.91 Å². The molecule has 1 heterocycles. The summed E-state index contributed by atoms with van der Waals surface area (Å²) in [5.74, 6) is 1.48. The summed E-state index contributed by atoms with van der Waals surface area (Å²) in [5, 5.41) is 9.47. The van der Waals surface area contributed by atoms with Crippen molar-refractivity contribution in [3.63, 3.8) is 0 Å². The number of carbonyl (C=O) groups is 1. The number of thioether (sulfide) groups is 1. The molecule has 0 bridgehead atoms. The maximum Gasteiger partial charge on any atom is 0.232 e. The van der Waals surface area contributed by atoms with Gasteiger partial charge in [-0.25, -0.2) is 0 Å². The number of hydrogen-bond donors (Lipinski definition) is 1. The van der Waals surface area contributed by atoms with E-state index in [2.05, 4.69) is 6.92 Å². The molecule has 94 valence electrons. The average Bonchev–Trinajstić information content (AvgIpc) is 2.26. The quantitative estimate of drug-likeness (QED) is 0.820. The van der Waals surface area contributed by atoms with Crippen molar-refractivity contribution in [2.24, 2.45) is 5.92 Å². The van der Waals surface area contributed by atoms with E-state index in [1.807, 2.05) is 11.8 Å². The first kappa shape index (κ1) is 13.8. The highest BCUT2D eigenvalue weighted by Gasteiger charge is 2.21. The van der Waals surface area contributed by atoms with Gasteiger partial charge in [0, 0.05) is 18.3 Å². The van der Waals surface area contributed by atoms with Crippen LogP contribution >= 0.6 is 11.8 Å². The summed E-state index contributed by atoms with van der Waals surface area (Å²) in [5.41, 5.74) is 0. The topological polar surface area (TPSA) is 40.5 Å². The second kappa shape index (κ2) is 6.50. The first-order valence-corrected chi connectivity index (χ1v) is 7.13. The molecule has 1 aliphatic heterocycles. The van der Waals surface area contributed by atoms with Gasteiger partial charge in [-0.1, -0.05) is 13.8 Å². The maximum absolute atomic E-state index is 11.9. The lowest BCUT2D eigenvalue weighted by Gasteiger charge is -2.30. The van der Waals surface area contributed by atoms with Gasteiger partial charge in [0.05, 0.1) is 11.9 Å². The molecule has 0 aliphatic carbocycles. The van der Waals surface area contributed by atoms with Gasteiger partial charge in [-0.15, -0.1) is 11.8 Å². The van der Waals surface area contributed by atoms with Crippen LogP contribution in [0.2, 0.25) is 0 Å². The van der Waals surface area contributed by atoms with Crippen LogP contribution in [0.15, 0.2) is 0 Å². The molecule has 0 aromatic heterocycles. The van der Waals surface area contributed by atoms with Crippen LogP contribution in [0.1, 0.15) is 33.6 Å². The molecule has 16 heavy (non-hydrogen) atoms. The Labute approximate surface area is 103 Å². The van der Waals surface area contributed by atoms with Gasteiger partial charge in [0.25, 0.3) is 0 Å². The van der Waals surface area contributed by atoms with Gasteiger partial charge in [0.1, 0.15) is 0 Å². The molecule has 1 rings (SSSR count). The Bertz CT molecular complexity index is 225. The molecule has 0 radical (unpaired) electrons. The summed E-state index contributed by atoms with van der Waals surface area (Å²) in [4.78, 5) is 13.8. The van der Waals surface area contributed by atoms with Gasteiger partial charge in [0.15, 0.2) is 0 Å². The molecule has 1 fully saturated rings. The van der Waals surface area contributed by atoms with Crippen LogP contribution in [-0.4, -0.2) is 46.1 Å². The van der Waals surface area contributed by atoms with Crippen LogP contribution in [0, 0.1) is 5.92 Å². The SMILES string of the molecule is CC1CCN(C(=O)CS[C@@H](C)[C@@H](C)O)CC1. The Balaban J connectivity index is 2.25. The number of carbonyl (C=O) groups excluding carboxylic acids is 1. The van der Waals surface area contributed by atoms with E-state index in [1.165, 1.54) is 0 Å². The largest absolute Gasteiger partial charge is 0.392 e. The van der Waals surface area contributed by atoms with E-state index in [0.29, 0.717) is 5.75 Å². The number of aliphatic hydroxyl groups is 1. The van der Waals surface area contributed by atoms with E-state index in [9.17, 15) is 9.90 Å². The summed E-state index contributed by atoms with van der Waals surface area (Å²) < 4.78 is 0. The van der Waals surface area contributed by atoms with E-state index in [0.717, 1.165) is 31.8 Å². The van der Waals surface area contributed by atoms with Crippen molar-refractivity contribution in [3.8, 4) is 0 Å². The molecule has 3 nitrogen and oxygen atoms in total. The molecule has 2 atom stereocenters. The van der Waals surface area contributed by atoms with Crippen molar-refractivity contribution < 1.29 is 9.90 Å². The minimum atomic E-state index is -0.348. The number of amides is 1. The molecule has 4 heteroatoms. The molecule has 0 aromatic carbocycles. The predicted octanol–water partition coefficient (Wildman–Crippen LogP) is 1.75. The third-order valence-corrected chi connectivity index (χ3v) is 4.62. The first-order chi connectivity index (χ1) is 7.50. The fourth-order valence-corrected chi connectivity index (χ4v) is 2.56. The zero-order valence-corrected chi connectivity index (χ0v) is 11.3. The van der Waals surface area contributed by atoms with Gasteiger partial charge in [-0.05, 0) is 25.7 Å². The molecule has 1 amide bonds. The summed E-state index contributed by atoms with van der Waals surface area (Å²) in [6.45, 7) is 7.78. The van der Waals surface area contributed by atoms with Crippen molar-refractivity contribution in [3.05, 3.63) is 0 Å². The van der Waals surface area contributed by atoms with Crippen molar-refractivity contribution >= 4 is 17.7 Å². The minimum absolute atomic E-state index is 0.132. The normalized spacial score (nSPS) is 21.9. The number of aliphatic hydroxyl groups excluding tert-OH is 1. The van der Waals surface area contributed by atoms with E-state index in [1.54, 1.807) is 18.7 Å². The molecular weight excluding hydrogens is 222 g/mol. The molecule has 1 saturated heterocycles. The maximum atomic E-state index is 11.9. The lowest BCUT2D eigenvalue weighted by molar-refractivity contribution is -0.129. The molecule has 1 aliphatic rings. The van der Waals surface area contributed by atoms with Gasteiger partial charge in [-0.3, -0.25) is 4.79 Å². The van der Waals surface area contributed by atoms with E-state index >= 15 is 0 Å². The molecule has 0 unspecified atom stereocenters. The number of piperidine rings is 1. The van der Waals surface area contributed by atoms with Crippen LogP contribution < -0.4 is 0 Å². The highest BCUT2D eigenvalue weighted by Crippen LogP contribution is 2.19. The highest BCUT2D eigenvalue weighted by molar-refractivity contribution is 8.00. The molecule has 0 aromatic rings. The Kier molecular flexibility index (Phi) is 5.62. The van der Waals surface area contributed by atoms with E-state index in [-0.39, 0.29) is 17.3 Å². The van der Waals surface area contributed by atoms with Gasteiger partial charge in [-0.2, -0.15) is 0 Å². The van der Waals surface area contributed by atoms with Crippen molar-refractivity contribution in [1.82, 2.24) is 4.90 Å². The zero-order chi connectivity index (χ0) is 12.1. The lowest BCUT2D eigenvalue weighted by Crippen LogP contribution is -2.39. The summed E-state index contributed by atoms with van der Waals surface area (Å²) in [6.07, 6.45) is 1.91. The standard InChI is InChI=1S/C12H23NO2S/c1-9-4-6-13(7-5-9)12(15)8-16-11(3)10(2)14/h9-11,14H,4-8H2,1-3H3/t10-,11+/m1/s1. The Morgan fingerprint density at radius 3 is 2.50 bits per heavy atom. The van der Waals surface area contributed by atoms with Crippen LogP contribution in [0.4, 0.5) is 0 Å². The smallest absolute Gasteiger partial charge is 0.232 e. The number of hydrogen-bond acceptors (Lipinski definition) is 3. The first-order valence-electron chi connectivity index (χ1n) is 6.08. The fraction of sp³-hybridized carbons (Fsp3) is 0.917. The third-order valence-electron chi connectivity index (χ3n) is 3.29. The third kappa shape index (κ3) is 4.34. The Hall–Kier alpha value is -0.220. The molecule has 0 saturated carbocycles. The molecular formula is C12H23NO2S. The van der Waals surface area contributed by atoms with Crippen LogP contribution in [0.25, 0.3) is 0 Å². The summed E-state index contributed by atoms with van der Waals surface area (Å²) in [6, 6.07) is 0. The van der Waals surface area contributed by atoms with Crippen molar-refractivity contribution in [2.45, 2.75) is 45.0 Å². The van der Waals surface area contributed by atoms with Gasteiger partial charge < -0.3 is 10.0 Å². The second-order valence-corrected chi connectivity index (χ2v) is 6.19. The Morgan fingerprint density at radius 2 is 2.00 bits per heavy atom. The van der Waals surface area contributed by atoms with E-state index < -0.39 is 0 Å². The number of rotatable bonds is 4. The van der Waals surface area contributed by atoms with Crippen LogP contribution in [0.3, 0.4) is 0 Å². The van der Waals surface area contributed by atoms with E-state index in [4.69, 9.17) is 0 Å². The average molecular weight is 245 g/mol. The molecule has 0 spiro atoms.